The van der Waals surface area contributed by atoms with Gasteiger partial charge in [0.1, 0.15) is 0 Å². The van der Waals surface area contributed by atoms with E-state index in [2.05, 4.69) is 14.7 Å². The van der Waals surface area contributed by atoms with E-state index in [1.807, 2.05) is 0 Å². The number of imidazole rings is 1. The van der Waals surface area contributed by atoms with Crippen LogP contribution in [0, 0.1) is 0 Å². The van der Waals surface area contributed by atoms with Gasteiger partial charge in [0.15, 0.2) is 5.78 Å². The van der Waals surface area contributed by atoms with E-state index in [9.17, 15) is 13.2 Å². The maximum atomic E-state index is 12.3. The smallest absolute Gasteiger partial charge is 0.261 e. The number of hydrogen-bond acceptors (Lipinski definition) is 4. The topological polar surface area (TPSA) is 91.9 Å². The Morgan fingerprint density at radius 2 is 1.86 bits per heavy atom. The molecular weight excluding hydrogens is 302 g/mol. The lowest BCUT2D eigenvalue weighted by molar-refractivity contribution is 0.101. The van der Waals surface area contributed by atoms with Crippen LogP contribution < -0.4 is 4.72 Å². The van der Waals surface area contributed by atoms with E-state index in [-0.39, 0.29) is 10.7 Å². The van der Waals surface area contributed by atoms with E-state index in [4.69, 9.17) is 0 Å². The van der Waals surface area contributed by atoms with Crippen molar-refractivity contribution in [3.05, 3.63) is 54.4 Å². The largest absolute Gasteiger partial charge is 0.345 e. The standard InChI is InChI=1S/C15H13N3O3S/c1-10(19)11-2-5-13(6-3-11)22(20,21)18-12-4-7-14-15(8-12)17-9-16-14/h2-9,18H,1H3,(H,16,17). The Bertz CT molecular complexity index is 944. The molecule has 0 saturated heterocycles. The number of H-pyrrole nitrogens is 1. The molecule has 6 nitrogen and oxygen atoms in total. The van der Waals surface area contributed by atoms with Crippen molar-refractivity contribution < 1.29 is 13.2 Å². The summed E-state index contributed by atoms with van der Waals surface area (Å²) in [5, 5.41) is 0. The van der Waals surface area contributed by atoms with Crippen LogP contribution in [-0.4, -0.2) is 24.2 Å². The SMILES string of the molecule is CC(=O)c1ccc(S(=O)(=O)Nc2ccc3nc[nH]c3c2)cc1. The fraction of sp³-hybridized carbons (Fsp3) is 0.0667. The van der Waals surface area contributed by atoms with E-state index in [0.717, 1.165) is 11.0 Å². The first-order valence-electron chi connectivity index (χ1n) is 6.53. The highest BCUT2D eigenvalue weighted by molar-refractivity contribution is 7.92. The minimum Gasteiger partial charge on any atom is -0.345 e. The minimum atomic E-state index is -3.70. The molecule has 0 aliphatic heterocycles. The van der Waals surface area contributed by atoms with E-state index in [1.54, 1.807) is 24.5 Å². The molecule has 0 aliphatic rings. The van der Waals surface area contributed by atoms with Crippen molar-refractivity contribution in [3.8, 4) is 0 Å². The molecule has 22 heavy (non-hydrogen) atoms. The minimum absolute atomic E-state index is 0.0993. The molecule has 0 bridgehead atoms. The van der Waals surface area contributed by atoms with Crippen LogP contribution in [0.1, 0.15) is 17.3 Å². The number of anilines is 1. The average Bonchev–Trinajstić information content (AvgIpc) is 2.94. The van der Waals surface area contributed by atoms with Crippen molar-refractivity contribution in [3.63, 3.8) is 0 Å². The zero-order valence-electron chi connectivity index (χ0n) is 11.7. The Morgan fingerprint density at radius 1 is 1.14 bits per heavy atom. The first-order chi connectivity index (χ1) is 10.5. The number of hydrogen-bond donors (Lipinski definition) is 2. The summed E-state index contributed by atoms with van der Waals surface area (Å²) in [4.78, 5) is 18.3. The number of Topliss-reactive ketones (excluding diaryl/α,β-unsaturated/α-hetero) is 1. The van der Waals surface area contributed by atoms with Gasteiger partial charge in [-0.15, -0.1) is 0 Å². The van der Waals surface area contributed by atoms with E-state index >= 15 is 0 Å². The van der Waals surface area contributed by atoms with Gasteiger partial charge in [0.25, 0.3) is 10.0 Å². The summed E-state index contributed by atoms with van der Waals surface area (Å²) in [5.41, 5.74) is 2.41. The number of nitrogens with one attached hydrogen (secondary N) is 2. The van der Waals surface area contributed by atoms with Gasteiger partial charge in [0.05, 0.1) is 27.9 Å². The summed E-state index contributed by atoms with van der Waals surface area (Å²) in [6.45, 7) is 1.43. The van der Waals surface area contributed by atoms with E-state index < -0.39 is 10.0 Å². The summed E-state index contributed by atoms with van der Waals surface area (Å²) in [6, 6.07) is 10.8. The number of fused-ring (bicyclic) bond motifs is 1. The number of aromatic amines is 1. The van der Waals surface area contributed by atoms with Gasteiger partial charge in [-0.05, 0) is 37.3 Å². The lowest BCUT2D eigenvalue weighted by Gasteiger charge is -2.08. The Hall–Kier alpha value is -2.67. The van der Waals surface area contributed by atoms with Gasteiger partial charge in [0, 0.05) is 5.56 Å². The second kappa shape index (κ2) is 5.27. The molecular formula is C15H13N3O3S. The monoisotopic (exact) mass is 315 g/mol. The lowest BCUT2D eigenvalue weighted by atomic mass is 10.2. The van der Waals surface area contributed by atoms with Gasteiger partial charge in [0.2, 0.25) is 0 Å². The van der Waals surface area contributed by atoms with Gasteiger partial charge >= 0.3 is 0 Å². The fourth-order valence-corrected chi connectivity index (χ4v) is 3.13. The van der Waals surface area contributed by atoms with Gasteiger partial charge < -0.3 is 4.98 Å². The molecule has 1 heterocycles. The fourth-order valence-electron chi connectivity index (χ4n) is 2.08. The Labute approximate surface area is 127 Å². The molecule has 0 saturated carbocycles. The summed E-state index contributed by atoms with van der Waals surface area (Å²) >= 11 is 0. The molecule has 7 heteroatoms. The van der Waals surface area contributed by atoms with Crippen LogP contribution in [0.5, 0.6) is 0 Å². The van der Waals surface area contributed by atoms with Crippen LogP contribution >= 0.6 is 0 Å². The van der Waals surface area contributed by atoms with Crippen molar-refractivity contribution in [1.29, 1.82) is 0 Å². The quantitative estimate of drug-likeness (QED) is 0.724. The van der Waals surface area contributed by atoms with Crippen molar-refractivity contribution in [2.24, 2.45) is 0 Å². The highest BCUT2D eigenvalue weighted by atomic mass is 32.2. The second-order valence-electron chi connectivity index (χ2n) is 4.82. The normalized spacial score (nSPS) is 11.5. The number of carbonyl (C=O) groups is 1. The van der Waals surface area contributed by atoms with Crippen molar-refractivity contribution in [2.75, 3.05) is 4.72 Å². The van der Waals surface area contributed by atoms with Crippen LogP contribution in [0.2, 0.25) is 0 Å². The summed E-state index contributed by atoms with van der Waals surface area (Å²) in [7, 11) is -3.70. The molecule has 2 N–H and O–H groups in total. The predicted molar refractivity (Wildman–Crippen MR) is 83.3 cm³/mol. The highest BCUT2D eigenvalue weighted by Crippen LogP contribution is 2.20. The van der Waals surface area contributed by atoms with Gasteiger partial charge in [-0.1, -0.05) is 12.1 Å². The molecule has 0 amide bonds. The summed E-state index contributed by atoms with van der Waals surface area (Å²) in [6.07, 6.45) is 1.55. The second-order valence-corrected chi connectivity index (χ2v) is 6.50. The zero-order chi connectivity index (χ0) is 15.7. The van der Waals surface area contributed by atoms with Crippen molar-refractivity contribution in [2.45, 2.75) is 11.8 Å². The molecule has 0 unspecified atom stereocenters. The van der Waals surface area contributed by atoms with Crippen molar-refractivity contribution >= 4 is 32.5 Å². The van der Waals surface area contributed by atoms with Crippen LogP contribution in [0.3, 0.4) is 0 Å². The number of rotatable bonds is 4. The number of nitrogens with zero attached hydrogens (tertiary/aromatic N) is 1. The van der Waals surface area contributed by atoms with Crippen LogP contribution in [0.25, 0.3) is 11.0 Å². The van der Waals surface area contributed by atoms with Gasteiger partial charge in [-0.2, -0.15) is 0 Å². The van der Waals surface area contributed by atoms with Crippen LogP contribution in [0.15, 0.2) is 53.7 Å². The molecule has 112 valence electrons. The Morgan fingerprint density at radius 3 is 2.55 bits per heavy atom. The maximum absolute atomic E-state index is 12.3. The average molecular weight is 315 g/mol. The molecule has 0 aliphatic carbocycles. The Kier molecular flexibility index (Phi) is 3.42. The van der Waals surface area contributed by atoms with E-state index in [1.165, 1.54) is 31.2 Å². The molecule has 1 aromatic heterocycles. The lowest BCUT2D eigenvalue weighted by Crippen LogP contribution is -2.13. The predicted octanol–water partition coefficient (Wildman–Crippen LogP) is 2.57. The number of ketones is 1. The van der Waals surface area contributed by atoms with E-state index in [0.29, 0.717) is 11.3 Å². The molecule has 3 rings (SSSR count). The molecule has 3 aromatic rings. The molecule has 0 fully saturated rings. The van der Waals surface area contributed by atoms with Gasteiger partial charge in [-0.3, -0.25) is 9.52 Å². The molecule has 0 radical (unpaired) electrons. The Balaban J connectivity index is 1.90. The van der Waals surface area contributed by atoms with Gasteiger partial charge in [-0.25, -0.2) is 13.4 Å². The third kappa shape index (κ3) is 2.71. The van der Waals surface area contributed by atoms with Crippen LogP contribution in [-0.2, 0) is 10.0 Å². The van der Waals surface area contributed by atoms with Crippen LogP contribution in [0.4, 0.5) is 5.69 Å². The van der Waals surface area contributed by atoms with Crippen molar-refractivity contribution in [1.82, 2.24) is 9.97 Å². The number of carbonyl (C=O) groups excluding carboxylic acids is 1. The number of sulfonamides is 1. The maximum Gasteiger partial charge on any atom is 0.261 e. The molecule has 0 atom stereocenters. The number of aromatic nitrogens is 2. The first kappa shape index (κ1) is 14.3. The molecule has 0 spiro atoms. The third-order valence-corrected chi connectivity index (χ3v) is 4.64. The summed E-state index contributed by atoms with van der Waals surface area (Å²) < 4.78 is 27.2. The number of benzene rings is 2. The molecule has 2 aromatic carbocycles. The highest BCUT2D eigenvalue weighted by Gasteiger charge is 2.15. The summed E-state index contributed by atoms with van der Waals surface area (Å²) in [5.74, 6) is -0.110. The zero-order valence-corrected chi connectivity index (χ0v) is 12.5. The first-order valence-corrected chi connectivity index (χ1v) is 8.01. The third-order valence-electron chi connectivity index (χ3n) is 3.24.